The predicted octanol–water partition coefficient (Wildman–Crippen LogP) is -2.36. The van der Waals surface area contributed by atoms with E-state index in [2.05, 4.69) is 67.8 Å². The third-order valence-electron chi connectivity index (χ3n) is 15.1. The van der Waals surface area contributed by atoms with Gasteiger partial charge < -0.3 is 90.1 Å². The van der Waals surface area contributed by atoms with Crippen molar-refractivity contribution < 1.29 is 58.2 Å². The van der Waals surface area contributed by atoms with Gasteiger partial charge in [0.15, 0.2) is 5.96 Å². The minimum atomic E-state index is -1.76. The van der Waals surface area contributed by atoms with Crippen LogP contribution in [0.15, 0.2) is 72.2 Å². The number of guanidine groups is 1. The number of aromatic hydroxyl groups is 1. The second-order valence-electron chi connectivity index (χ2n) is 22.4. The van der Waals surface area contributed by atoms with Crippen LogP contribution in [0.2, 0.25) is 0 Å². The summed E-state index contributed by atoms with van der Waals surface area (Å²) in [5.41, 5.74) is 19.1. The first kappa shape index (κ1) is 68.0. The van der Waals surface area contributed by atoms with Gasteiger partial charge in [0.1, 0.15) is 60.1 Å². The van der Waals surface area contributed by atoms with Crippen LogP contribution in [0.4, 0.5) is 0 Å². The Kier molecular flexibility index (Phi) is 26.0. The number of nitrogens with two attached hydrogens (primary N) is 3. The van der Waals surface area contributed by atoms with Crippen LogP contribution in [0.25, 0.3) is 10.9 Å². The minimum absolute atomic E-state index is 0.00910. The number of carbonyl (C=O) groups is 10. The number of carbonyl (C=O) groups excluding carboxylic acids is 10. The normalized spacial score (nSPS) is 17.0. The number of aliphatic imine (C=N–C) groups is 1. The Morgan fingerprint density at radius 1 is 0.716 bits per heavy atom. The first-order valence-corrected chi connectivity index (χ1v) is 29.8. The van der Waals surface area contributed by atoms with Crippen molar-refractivity contribution in [3.63, 3.8) is 0 Å². The molecule has 10 amide bonds. The summed E-state index contributed by atoms with van der Waals surface area (Å²) in [6, 6.07) is 1.44. The molecule has 19 N–H and O–H groups in total. The molecule has 88 heavy (non-hydrogen) atoms. The van der Waals surface area contributed by atoms with Crippen LogP contribution in [0.3, 0.4) is 0 Å². The number of nitrogens with one attached hydrogen (secondary N) is 11. The van der Waals surface area contributed by atoms with Gasteiger partial charge in [0.25, 0.3) is 0 Å². The molecule has 2 aliphatic rings. The number of rotatable bonds is 34. The summed E-state index contributed by atoms with van der Waals surface area (Å²) < 4.78 is 0. The van der Waals surface area contributed by atoms with Crippen molar-refractivity contribution in [3.05, 3.63) is 84.1 Å². The highest BCUT2D eigenvalue weighted by atomic mass is 16.3. The van der Waals surface area contributed by atoms with Crippen molar-refractivity contribution in [2.75, 3.05) is 32.8 Å². The molecule has 29 nitrogen and oxygen atoms in total. The maximum atomic E-state index is 14.7. The summed E-state index contributed by atoms with van der Waals surface area (Å²) in [7, 11) is 0. The van der Waals surface area contributed by atoms with Gasteiger partial charge in [0.2, 0.25) is 59.1 Å². The Balaban J connectivity index is 1.23. The topological polar surface area (TPSA) is 458 Å². The number of H-pyrrole nitrogens is 2. The fourth-order valence-corrected chi connectivity index (χ4v) is 10.6. The molecule has 2 aromatic heterocycles. The number of fused-ring (bicyclic) bond motifs is 1. The number of phenolic OH excluding ortho intramolecular Hbond substituents is 1. The number of aromatic amines is 2. The van der Waals surface area contributed by atoms with Gasteiger partial charge in [-0.15, -0.1) is 0 Å². The van der Waals surface area contributed by atoms with Gasteiger partial charge in [-0.05, 0) is 106 Å². The van der Waals surface area contributed by atoms with Crippen LogP contribution < -0.4 is 65.1 Å². The highest BCUT2D eigenvalue weighted by Crippen LogP contribution is 2.22. The van der Waals surface area contributed by atoms with Crippen LogP contribution in [0.1, 0.15) is 102 Å². The van der Waals surface area contributed by atoms with E-state index in [9.17, 15) is 58.2 Å². The highest BCUT2D eigenvalue weighted by molar-refractivity contribution is 5.99. The van der Waals surface area contributed by atoms with Crippen LogP contribution >= 0.6 is 0 Å². The number of imidazole rings is 1. The van der Waals surface area contributed by atoms with Crippen molar-refractivity contribution in [2.45, 2.75) is 159 Å². The first-order valence-electron chi connectivity index (χ1n) is 29.8. The third-order valence-corrected chi connectivity index (χ3v) is 15.1. The number of aliphatic hydroxyl groups is 1. The average molecular weight is 1220 g/mol. The van der Waals surface area contributed by atoms with Crippen molar-refractivity contribution >= 4 is 75.9 Å². The van der Waals surface area contributed by atoms with Crippen LogP contribution in [0, 0.1) is 5.92 Å². The fourth-order valence-electron chi connectivity index (χ4n) is 10.6. The Hall–Kier alpha value is -9.12. The zero-order valence-electron chi connectivity index (χ0n) is 49.9. The largest absolute Gasteiger partial charge is 0.508 e. The summed E-state index contributed by atoms with van der Waals surface area (Å²) in [4.78, 5) is 155. The molecular weight excluding hydrogens is 1140 g/mol. The monoisotopic (exact) mass is 1220 g/mol. The molecule has 0 bridgehead atoms. The zero-order valence-corrected chi connectivity index (χ0v) is 49.9. The molecule has 6 rings (SSSR count). The number of likely N-dealkylation sites (tertiary alicyclic amines) is 1. The summed E-state index contributed by atoms with van der Waals surface area (Å²) in [6.45, 7) is 5.41. The van der Waals surface area contributed by atoms with E-state index in [0.717, 1.165) is 0 Å². The van der Waals surface area contributed by atoms with E-state index < -0.39 is 108 Å². The molecule has 2 aromatic carbocycles. The van der Waals surface area contributed by atoms with Gasteiger partial charge in [0, 0.05) is 74.3 Å². The maximum Gasteiger partial charge on any atom is 0.245 e. The van der Waals surface area contributed by atoms with Crippen molar-refractivity contribution in [3.8, 4) is 5.75 Å². The molecule has 0 spiro atoms. The van der Waals surface area contributed by atoms with Gasteiger partial charge in [-0.3, -0.25) is 52.9 Å². The Bertz CT molecular complexity index is 3060. The van der Waals surface area contributed by atoms with E-state index in [1.165, 1.54) is 41.7 Å². The standard InChI is InChI=1S/C59H85N17O12/c1-4-64-57(87)48-15-10-24-76(48)58(88)42(14-9-23-65-59(61)62)70-52(82)43(25-33(2)3)71-50(80)40(13-7-8-22-60)69-53(83)44(26-34-16-18-37(78)19-17-34)72-56(86)47(31-77)75-54(84)45(27-35-29-66-39-12-6-5-11-38(35)39)73-55(85)46(28-36-30-63-32-67-36)74-51(81)41-20-21-49(79)68-41/h5-6,11-12,16-19,29-30,32-33,40-48,66,77-78H,4,7-10,13-15,20-28,31,60H2,1-3H3,(H,63,67)(H,64,87)(H,68,79)(H,69,83)(H,70,82)(H,71,80)(H,72,86)(H,73,85)(H,74,81)(H,75,84)(H4,61,62,65)/t40-,41+,42+,43+,44+,45+,46+,47+,48+/m1/s1. The van der Waals surface area contributed by atoms with Crippen molar-refractivity contribution in [1.82, 2.24) is 67.7 Å². The number of aromatic nitrogens is 3. The van der Waals surface area contributed by atoms with Gasteiger partial charge in [-0.25, -0.2) is 4.98 Å². The van der Waals surface area contributed by atoms with Crippen LogP contribution in [-0.2, 0) is 67.2 Å². The smallest absolute Gasteiger partial charge is 0.245 e. The number of hydrogen-bond acceptors (Lipinski definition) is 15. The minimum Gasteiger partial charge on any atom is -0.508 e. The lowest BCUT2D eigenvalue weighted by molar-refractivity contribution is -0.142. The molecule has 4 aromatic rings. The van der Waals surface area contributed by atoms with Crippen LogP contribution in [-0.4, -0.2) is 182 Å². The number of amides is 10. The van der Waals surface area contributed by atoms with Gasteiger partial charge in [0.05, 0.1) is 12.9 Å². The zero-order chi connectivity index (χ0) is 63.9. The summed E-state index contributed by atoms with van der Waals surface area (Å²) in [6.07, 6.45) is 6.45. The lowest BCUT2D eigenvalue weighted by Gasteiger charge is -2.30. The Morgan fingerprint density at radius 2 is 1.33 bits per heavy atom. The Labute approximate surface area is 509 Å². The number of para-hydroxylation sites is 1. The fraction of sp³-hybridized carbons (Fsp3) is 0.525. The molecule has 4 heterocycles. The molecule has 0 saturated carbocycles. The summed E-state index contributed by atoms with van der Waals surface area (Å²) in [5, 5.41) is 45.9. The van der Waals surface area contributed by atoms with Gasteiger partial charge >= 0.3 is 0 Å². The molecule has 0 unspecified atom stereocenters. The predicted molar refractivity (Wildman–Crippen MR) is 324 cm³/mol. The first-order chi connectivity index (χ1) is 42.2. The number of benzene rings is 2. The number of unbranched alkanes of at least 4 members (excludes halogenated alkanes) is 1. The molecule has 0 radical (unpaired) electrons. The van der Waals surface area contributed by atoms with Crippen LogP contribution in [0.5, 0.6) is 5.75 Å². The third kappa shape index (κ3) is 20.2. The quantitative estimate of drug-likeness (QED) is 0.0132. The molecule has 2 aliphatic heterocycles. The number of aliphatic hydroxyl groups excluding tert-OH is 1. The van der Waals surface area contributed by atoms with E-state index in [0.29, 0.717) is 60.0 Å². The van der Waals surface area contributed by atoms with Crippen molar-refractivity contribution in [2.24, 2.45) is 28.1 Å². The van der Waals surface area contributed by atoms with E-state index >= 15 is 0 Å². The average Bonchev–Trinajstić information content (AvgIpc) is 4.56. The van der Waals surface area contributed by atoms with E-state index in [4.69, 9.17) is 17.2 Å². The molecule has 2 fully saturated rings. The lowest BCUT2D eigenvalue weighted by atomic mass is 10.00. The van der Waals surface area contributed by atoms with Gasteiger partial charge in [-0.1, -0.05) is 44.2 Å². The molecule has 2 saturated heterocycles. The maximum absolute atomic E-state index is 14.7. The number of nitrogens with zero attached hydrogens (tertiary/aromatic N) is 3. The molecule has 0 aliphatic carbocycles. The number of hydrogen-bond donors (Lipinski definition) is 16. The van der Waals surface area contributed by atoms with Crippen molar-refractivity contribution in [1.29, 1.82) is 0 Å². The number of phenols is 1. The molecule has 29 heteroatoms. The van der Waals surface area contributed by atoms with E-state index in [-0.39, 0.29) is 107 Å². The molecular formula is C59H85N17O12. The van der Waals surface area contributed by atoms with E-state index in [1.807, 2.05) is 19.9 Å². The number of likely N-dealkylation sites (N-methyl/N-ethyl adjacent to an activating group) is 1. The second kappa shape index (κ2) is 33.7. The van der Waals surface area contributed by atoms with Gasteiger partial charge in [-0.2, -0.15) is 0 Å². The lowest BCUT2D eigenvalue weighted by Crippen LogP contribution is -2.61. The second-order valence-corrected chi connectivity index (χ2v) is 22.4. The Morgan fingerprint density at radius 3 is 1.97 bits per heavy atom. The summed E-state index contributed by atoms with van der Waals surface area (Å²) >= 11 is 0. The molecule has 478 valence electrons. The summed E-state index contributed by atoms with van der Waals surface area (Å²) in [5.74, 6) is -7.43. The SMILES string of the molecule is CCNC(=O)[C@@H]1CCCN1C(=O)[C@H](CCCN=C(N)N)NC(=O)[C@H](CC(C)C)NC(=O)[C@@H](CCCCN)NC(=O)[C@H](Cc1ccc(O)cc1)NC(=O)[C@H](CO)NC(=O)[C@H](Cc1c[nH]c2ccccc12)NC(=O)[C@H](Cc1cnc[nH]1)NC(=O)[C@@H]1CCC(=O)N1. The van der Waals surface area contributed by atoms with E-state index in [1.54, 1.807) is 31.3 Å². The molecule has 9 atom stereocenters. The highest BCUT2D eigenvalue weighted by Gasteiger charge is 2.40.